The van der Waals surface area contributed by atoms with Gasteiger partial charge in [0, 0.05) is 13.1 Å². The van der Waals surface area contributed by atoms with Gasteiger partial charge in [-0.2, -0.15) is 18.2 Å². The van der Waals surface area contributed by atoms with Crippen molar-refractivity contribution in [2.75, 3.05) is 13.1 Å². The molecule has 1 aliphatic rings. The Labute approximate surface area is 111 Å². The largest absolute Gasteiger partial charge is 0.333 e. The van der Waals surface area contributed by atoms with Gasteiger partial charge in [0.15, 0.2) is 0 Å². The molecule has 0 saturated carbocycles. The first-order valence-corrected chi connectivity index (χ1v) is 7.60. The Kier molecular flexibility index (Phi) is 3.91. The van der Waals surface area contributed by atoms with E-state index in [0.717, 1.165) is 19.0 Å². The van der Waals surface area contributed by atoms with Crippen LogP contribution >= 0.6 is 0 Å². The van der Waals surface area contributed by atoms with Gasteiger partial charge < -0.3 is 0 Å². The first-order chi connectivity index (χ1) is 8.82. The standard InChI is InChI=1S/C11H17F2N3O2S/c1-8-4-3-5-15(6-8)19(17,18)10-7-16(11(12)13)14-9(10)2/h7-8,11H,3-6H2,1-2H3/t8-/m0/s1. The zero-order valence-corrected chi connectivity index (χ0v) is 11.7. The molecule has 0 radical (unpaired) electrons. The van der Waals surface area contributed by atoms with E-state index in [9.17, 15) is 17.2 Å². The van der Waals surface area contributed by atoms with Crippen molar-refractivity contribution in [1.82, 2.24) is 14.1 Å². The van der Waals surface area contributed by atoms with Crippen LogP contribution in [0.1, 0.15) is 32.0 Å². The molecule has 0 aromatic carbocycles. The summed E-state index contributed by atoms with van der Waals surface area (Å²) in [6.07, 6.45) is 2.69. The number of piperidine rings is 1. The maximum absolute atomic E-state index is 12.5. The molecule has 0 amide bonds. The number of aromatic nitrogens is 2. The van der Waals surface area contributed by atoms with Gasteiger partial charge in [0.1, 0.15) is 4.90 Å². The highest BCUT2D eigenvalue weighted by Gasteiger charge is 2.31. The van der Waals surface area contributed by atoms with Gasteiger partial charge in [0.25, 0.3) is 0 Å². The molecule has 0 bridgehead atoms. The highest BCUT2D eigenvalue weighted by Crippen LogP contribution is 2.26. The van der Waals surface area contributed by atoms with Crippen LogP contribution in [-0.2, 0) is 10.0 Å². The van der Waals surface area contributed by atoms with E-state index in [1.807, 2.05) is 6.92 Å². The van der Waals surface area contributed by atoms with Crippen molar-refractivity contribution in [3.05, 3.63) is 11.9 Å². The monoisotopic (exact) mass is 293 g/mol. The summed E-state index contributed by atoms with van der Waals surface area (Å²) in [5.41, 5.74) is 0.110. The van der Waals surface area contributed by atoms with Gasteiger partial charge in [-0.05, 0) is 25.7 Å². The van der Waals surface area contributed by atoms with Crippen molar-refractivity contribution in [2.24, 2.45) is 5.92 Å². The third kappa shape index (κ3) is 2.79. The fourth-order valence-corrected chi connectivity index (χ4v) is 4.08. The summed E-state index contributed by atoms with van der Waals surface area (Å²) in [7, 11) is -3.72. The van der Waals surface area contributed by atoms with Gasteiger partial charge in [-0.15, -0.1) is 0 Å². The fourth-order valence-electron chi connectivity index (χ4n) is 2.32. The zero-order valence-electron chi connectivity index (χ0n) is 10.9. The summed E-state index contributed by atoms with van der Waals surface area (Å²) in [6, 6.07) is 0. The molecule has 5 nitrogen and oxygen atoms in total. The SMILES string of the molecule is Cc1nn(C(F)F)cc1S(=O)(=O)N1CCC[C@H](C)C1. The molecule has 8 heteroatoms. The Morgan fingerprint density at radius 3 is 2.68 bits per heavy atom. The van der Waals surface area contributed by atoms with E-state index in [-0.39, 0.29) is 16.5 Å². The number of hydrogen-bond donors (Lipinski definition) is 0. The number of nitrogens with zero attached hydrogens (tertiary/aromatic N) is 3. The first-order valence-electron chi connectivity index (χ1n) is 6.16. The maximum Gasteiger partial charge on any atom is 0.333 e. The van der Waals surface area contributed by atoms with Gasteiger partial charge >= 0.3 is 6.55 Å². The molecule has 1 aromatic rings. The number of sulfonamides is 1. The minimum Gasteiger partial charge on any atom is -0.210 e. The topological polar surface area (TPSA) is 55.2 Å². The lowest BCUT2D eigenvalue weighted by Crippen LogP contribution is -2.39. The van der Waals surface area contributed by atoms with Crippen molar-refractivity contribution >= 4 is 10.0 Å². The zero-order chi connectivity index (χ0) is 14.2. The summed E-state index contributed by atoms with van der Waals surface area (Å²) in [4.78, 5) is -0.123. The van der Waals surface area contributed by atoms with E-state index < -0.39 is 16.6 Å². The van der Waals surface area contributed by atoms with Gasteiger partial charge in [0.2, 0.25) is 10.0 Å². The van der Waals surface area contributed by atoms with Crippen molar-refractivity contribution in [3.8, 4) is 0 Å². The Hall–Kier alpha value is -1.02. The van der Waals surface area contributed by atoms with Crippen molar-refractivity contribution in [2.45, 2.75) is 38.1 Å². The smallest absolute Gasteiger partial charge is 0.210 e. The van der Waals surface area contributed by atoms with Crippen LogP contribution in [0.5, 0.6) is 0 Å². The average Bonchev–Trinajstić information content (AvgIpc) is 2.72. The van der Waals surface area contributed by atoms with Crippen LogP contribution < -0.4 is 0 Å². The molecule has 0 unspecified atom stereocenters. The van der Waals surface area contributed by atoms with E-state index in [2.05, 4.69) is 5.10 Å². The van der Waals surface area contributed by atoms with Gasteiger partial charge in [-0.1, -0.05) is 6.92 Å². The Morgan fingerprint density at radius 1 is 1.47 bits per heavy atom. The second-order valence-electron chi connectivity index (χ2n) is 4.95. The van der Waals surface area contributed by atoms with Crippen LogP contribution in [0.25, 0.3) is 0 Å². The molecule has 19 heavy (non-hydrogen) atoms. The van der Waals surface area contributed by atoms with E-state index in [4.69, 9.17) is 0 Å². The molecule has 1 aliphatic heterocycles. The first kappa shape index (κ1) is 14.4. The quantitative estimate of drug-likeness (QED) is 0.856. The number of aryl methyl sites for hydroxylation is 1. The molecular weight excluding hydrogens is 276 g/mol. The van der Waals surface area contributed by atoms with E-state index in [1.165, 1.54) is 11.2 Å². The van der Waals surface area contributed by atoms with E-state index in [1.54, 1.807) is 0 Å². The predicted molar refractivity (Wildman–Crippen MR) is 65.4 cm³/mol. The number of halogens is 2. The van der Waals surface area contributed by atoms with Crippen LogP contribution in [0.4, 0.5) is 8.78 Å². The second-order valence-corrected chi connectivity index (χ2v) is 6.85. The molecule has 0 aliphatic carbocycles. The molecule has 2 heterocycles. The van der Waals surface area contributed by atoms with Gasteiger partial charge in [-0.3, -0.25) is 0 Å². The van der Waals surface area contributed by atoms with Crippen LogP contribution in [-0.4, -0.2) is 35.6 Å². The molecule has 1 atom stereocenters. The highest BCUT2D eigenvalue weighted by molar-refractivity contribution is 7.89. The molecule has 0 spiro atoms. The number of alkyl halides is 2. The van der Waals surface area contributed by atoms with Crippen molar-refractivity contribution in [1.29, 1.82) is 0 Å². The summed E-state index contributed by atoms with van der Waals surface area (Å²) < 4.78 is 51.7. The third-order valence-electron chi connectivity index (χ3n) is 3.31. The molecule has 2 rings (SSSR count). The minimum atomic E-state index is -3.72. The lowest BCUT2D eigenvalue weighted by molar-refractivity contribution is 0.0561. The summed E-state index contributed by atoms with van der Waals surface area (Å²) >= 11 is 0. The minimum absolute atomic E-state index is 0.110. The molecule has 0 N–H and O–H groups in total. The van der Waals surface area contributed by atoms with E-state index >= 15 is 0 Å². The van der Waals surface area contributed by atoms with Gasteiger partial charge in [0.05, 0.1) is 11.9 Å². The number of rotatable bonds is 3. The molecule has 1 fully saturated rings. The predicted octanol–water partition coefficient (Wildman–Crippen LogP) is 2.01. The lowest BCUT2D eigenvalue weighted by atomic mass is 10.0. The van der Waals surface area contributed by atoms with E-state index in [0.29, 0.717) is 17.8 Å². The number of hydrogen-bond acceptors (Lipinski definition) is 3. The third-order valence-corrected chi connectivity index (χ3v) is 5.28. The van der Waals surface area contributed by atoms with Crippen LogP contribution in [0.15, 0.2) is 11.1 Å². The van der Waals surface area contributed by atoms with Crippen LogP contribution in [0.2, 0.25) is 0 Å². The summed E-state index contributed by atoms with van der Waals surface area (Å²) in [6.45, 7) is 1.45. The van der Waals surface area contributed by atoms with Gasteiger partial charge in [-0.25, -0.2) is 13.1 Å². The Balaban J connectivity index is 2.33. The second kappa shape index (κ2) is 5.16. The summed E-state index contributed by atoms with van der Waals surface area (Å²) in [5.74, 6) is 0.286. The normalized spacial score (nSPS) is 22.1. The Morgan fingerprint density at radius 2 is 2.16 bits per heavy atom. The van der Waals surface area contributed by atoms with Crippen LogP contribution in [0, 0.1) is 12.8 Å². The fraction of sp³-hybridized carbons (Fsp3) is 0.727. The van der Waals surface area contributed by atoms with Crippen molar-refractivity contribution < 1.29 is 17.2 Å². The summed E-state index contributed by atoms with van der Waals surface area (Å²) in [5, 5.41) is 3.55. The van der Waals surface area contributed by atoms with Crippen molar-refractivity contribution in [3.63, 3.8) is 0 Å². The molecule has 108 valence electrons. The highest BCUT2D eigenvalue weighted by atomic mass is 32.2. The Bertz CT molecular complexity index is 556. The van der Waals surface area contributed by atoms with Crippen LogP contribution in [0.3, 0.4) is 0 Å². The molecule has 1 saturated heterocycles. The maximum atomic E-state index is 12.5. The molecular formula is C11H17F2N3O2S. The molecule has 1 aromatic heterocycles. The lowest BCUT2D eigenvalue weighted by Gasteiger charge is -2.29. The average molecular weight is 293 g/mol.